The van der Waals surface area contributed by atoms with Crippen molar-refractivity contribution in [3.63, 3.8) is 0 Å². The summed E-state index contributed by atoms with van der Waals surface area (Å²) in [6.45, 7) is 5.54. The molecule has 0 saturated heterocycles. The van der Waals surface area contributed by atoms with Crippen LogP contribution in [0.4, 0.5) is 0 Å². The van der Waals surface area contributed by atoms with E-state index in [1.165, 1.54) is 0 Å². The molecule has 3 rings (SSSR count). The summed E-state index contributed by atoms with van der Waals surface area (Å²) in [5, 5.41) is 9.17. The molecule has 1 aromatic heterocycles. The van der Waals surface area contributed by atoms with Crippen LogP contribution in [0.2, 0.25) is 0 Å². The van der Waals surface area contributed by atoms with Crippen LogP contribution in [0.15, 0.2) is 42.5 Å². The molecule has 3 aromatic rings. The molecule has 2 N–H and O–H groups in total. The predicted molar refractivity (Wildman–Crippen MR) is 92.3 cm³/mol. The Morgan fingerprint density at radius 2 is 1.79 bits per heavy atom. The normalized spacial score (nSPS) is 11.6. The third-order valence-electron chi connectivity index (χ3n) is 3.83. The molecular formula is C19H18N2O3. The molecule has 122 valence electrons. The van der Waals surface area contributed by atoms with Crippen LogP contribution in [-0.4, -0.2) is 26.8 Å². The number of nitrogens with one attached hydrogen (secondary N) is 1. The van der Waals surface area contributed by atoms with Gasteiger partial charge in [-0.05, 0) is 23.8 Å². The van der Waals surface area contributed by atoms with Gasteiger partial charge in [0.2, 0.25) is 5.78 Å². The smallest absolute Gasteiger partial charge is 0.335 e. The zero-order chi connectivity index (χ0) is 17.5. The maximum Gasteiger partial charge on any atom is 0.335 e. The second-order valence-corrected chi connectivity index (χ2v) is 6.75. The number of rotatable bonds is 3. The van der Waals surface area contributed by atoms with Gasteiger partial charge in [-0.2, -0.15) is 0 Å². The molecule has 5 heteroatoms. The summed E-state index contributed by atoms with van der Waals surface area (Å²) in [4.78, 5) is 31.2. The number of carbonyl (C=O) groups excluding carboxylic acids is 1. The summed E-state index contributed by atoms with van der Waals surface area (Å²) >= 11 is 0. The van der Waals surface area contributed by atoms with Crippen LogP contribution in [-0.2, 0) is 0 Å². The van der Waals surface area contributed by atoms with Gasteiger partial charge in [-0.25, -0.2) is 9.78 Å². The SMILES string of the molecule is CC(C)(C)C(=O)c1nc2c(-c3cccc(C(=O)O)c3)cccc2[nH]1. The highest BCUT2D eigenvalue weighted by Gasteiger charge is 2.26. The number of hydrogen-bond acceptors (Lipinski definition) is 3. The van der Waals surface area contributed by atoms with Gasteiger partial charge in [0.05, 0.1) is 16.6 Å². The van der Waals surface area contributed by atoms with E-state index in [1.54, 1.807) is 18.2 Å². The Balaban J connectivity index is 2.16. The Bertz CT molecular complexity index is 949. The van der Waals surface area contributed by atoms with Crippen LogP contribution >= 0.6 is 0 Å². The van der Waals surface area contributed by atoms with Gasteiger partial charge in [0.15, 0.2) is 5.82 Å². The first-order valence-corrected chi connectivity index (χ1v) is 7.64. The zero-order valence-electron chi connectivity index (χ0n) is 13.8. The number of Topliss-reactive ketones (excluding diaryl/α,β-unsaturated/α-hetero) is 1. The predicted octanol–water partition coefficient (Wildman–Crippen LogP) is 4.16. The van der Waals surface area contributed by atoms with E-state index in [0.29, 0.717) is 11.3 Å². The molecule has 2 aromatic carbocycles. The molecule has 0 fully saturated rings. The van der Waals surface area contributed by atoms with E-state index in [-0.39, 0.29) is 11.3 Å². The maximum atomic E-state index is 12.5. The van der Waals surface area contributed by atoms with Crippen LogP contribution < -0.4 is 0 Å². The van der Waals surface area contributed by atoms with Crippen molar-refractivity contribution in [3.8, 4) is 11.1 Å². The minimum Gasteiger partial charge on any atom is -0.478 e. The van der Waals surface area contributed by atoms with Crippen molar-refractivity contribution in [2.75, 3.05) is 0 Å². The number of aromatic nitrogens is 2. The highest BCUT2D eigenvalue weighted by Crippen LogP contribution is 2.29. The van der Waals surface area contributed by atoms with Crippen LogP contribution in [0.3, 0.4) is 0 Å². The Morgan fingerprint density at radius 3 is 2.46 bits per heavy atom. The second kappa shape index (κ2) is 5.60. The standard InChI is InChI=1S/C19H18N2O3/c1-19(2,3)16(22)17-20-14-9-5-8-13(15(14)21-17)11-6-4-7-12(10-11)18(23)24/h4-10H,1-3H3,(H,20,21)(H,23,24). The number of hydrogen-bond donors (Lipinski definition) is 2. The third-order valence-corrected chi connectivity index (χ3v) is 3.83. The van der Waals surface area contributed by atoms with Gasteiger partial charge in [-0.1, -0.05) is 45.0 Å². The molecule has 5 nitrogen and oxygen atoms in total. The molecule has 24 heavy (non-hydrogen) atoms. The molecule has 1 heterocycles. The highest BCUT2D eigenvalue weighted by molar-refractivity contribution is 6.02. The van der Waals surface area contributed by atoms with E-state index in [1.807, 2.05) is 45.0 Å². The Kier molecular flexibility index (Phi) is 3.72. The number of ketones is 1. The van der Waals surface area contributed by atoms with Crippen LogP contribution in [0.5, 0.6) is 0 Å². The fraction of sp³-hybridized carbons (Fsp3) is 0.211. The molecule has 0 radical (unpaired) electrons. The molecule has 0 aliphatic carbocycles. The highest BCUT2D eigenvalue weighted by atomic mass is 16.4. The van der Waals surface area contributed by atoms with E-state index in [9.17, 15) is 9.59 Å². The van der Waals surface area contributed by atoms with Gasteiger partial charge < -0.3 is 10.1 Å². The average Bonchev–Trinajstić information content (AvgIpc) is 2.97. The van der Waals surface area contributed by atoms with Gasteiger partial charge >= 0.3 is 5.97 Å². The summed E-state index contributed by atoms with van der Waals surface area (Å²) in [5.41, 5.74) is 2.64. The number of imidazole rings is 1. The van der Waals surface area contributed by atoms with E-state index in [2.05, 4.69) is 9.97 Å². The number of aromatic amines is 1. The van der Waals surface area contributed by atoms with Crippen molar-refractivity contribution in [2.24, 2.45) is 5.41 Å². The monoisotopic (exact) mass is 322 g/mol. The number of benzene rings is 2. The zero-order valence-corrected chi connectivity index (χ0v) is 13.8. The molecule has 0 spiro atoms. The Morgan fingerprint density at radius 1 is 1.08 bits per heavy atom. The second-order valence-electron chi connectivity index (χ2n) is 6.75. The molecule has 0 unspecified atom stereocenters. The first kappa shape index (κ1) is 15.9. The maximum absolute atomic E-state index is 12.5. The molecule has 0 aliphatic rings. The van der Waals surface area contributed by atoms with E-state index >= 15 is 0 Å². The lowest BCUT2D eigenvalue weighted by atomic mass is 9.90. The number of carboxylic acids is 1. The molecule has 0 aliphatic heterocycles. The van der Waals surface area contributed by atoms with Gasteiger partial charge in [0, 0.05) is 11.0 Å². The molecular weight excluding hydrogens is 304 g/mol. The Hall–Kier alpha value is -2.95. The molecule has 0 atom stereocenters. The van der Waals surface area contributed by atoms with Crippen LogP contribution in [0.25, 0.3) is 22.2 Å². The van der Waals surface area contributed by atoms with Gasteiger partial charge in [-0.3, -0.25) is 4.79 Å². The van der Waals surface area contributed by atoms with Crippen molar-refractivity contribution in [2.45, 2.75) is 20.8 Å². The molecule has 0 saturated carbocycles. The van der Waals surface area contributed by atoms with E-state index < -0.39 is 11.4 Å². The summed E-state index contributed by atoms with van der Waals surface area (Å²) in [6, 6.07) is 12.3. The summed E-state index contributed by atoms with van der Waals surface area (Å²) in [7, 11) is 0. The lowest BCUT2D eigenvalue weighted by molar-refractivity contribution is 0.0696. The number of carbonyl (C=O) groups is 2. The molecule has 0 amide bonds. The number of para-hydroxylation sites is 1. The lowest BCUT2D eigenvalue weighted by Gasteiger charge is -2.13. The van der Waals surface area contributed by atoms with Crippen molar-refractivity contribution in [1.82, 2.24) is 9.97 Å². The van der Waals surface area contributed by atoms with Crippen LogP contribution in [0.1, 0.15) is 41.7 Å². The van der Waals surface area contributed by atoms with Gasteiger partial charge in [-0.15, -0.1) is 0 Å². The first-order chi connectivity index (χ1) is 11.3. The number of fused-ring (bicyclic) bond motifs is 1. The average molecular weight is 322 g/mol. The number of carboxylic acid groups (broad SMARTS) is 1. The van der Waals surface area contributed by atoms with E-state index in [4.69, 9.17) is 5.11 Å². The van der Waals surface area contributed by atoms with Gasteiger partial charge in [0.25, 0.3) is 0 Å². The minimum atomic E-state index is -0.977. The third kappa shape index (κ3) is 2.80. The lowest BCUT2D eigenvalue weighted by Crippen LogP contribution is -2.21. The fourth-order valence-electron chi connectivity index (χ4n) is 2.55. The quantitative estimate of drug-likeness (QED) is 0.709. The molecule has 0 bridgehead atoms. The van der Waals surface area contributed by atoms with Crippen LogP contribution in [0, 0.1) is 5.41 Å². The summed E-state index contributed by atoms with van der Waals surface area (Å²) in [5.74, 6) is -0.724. The fourth-order valence-corrected chi connectivity index (χ4v) is 2.55. The van der Waals surface area contributed by atoms with Gasteiger partial charge in [0.1, 0.15) is 0 Å². The number of nitrogens with zero attached hydrogens (tertiary/aromatic N) is 1. The largest absolute Gasteiger partial charge is 0.478 e. The Labute approximate surface area is 139 Å². The summed E-state index contributed by atoms with van der Waals surface area (Å²) < 4.78 is 0. The van der Waals surface area contributed by atoms with Crippen molar-refractivity contribution >= 4 is 22.8 Å². The minimum absolute atomic E-state index is 0.0658. The van der Waals surface area contributed by atoms with E-state index in [0.717, 1.165) is 16.6 Å². The topological polar surface area (TPSA) is 83.1 Å². The number of aromatic carboxylic acids is 1. The van der Waals surface area contributed by atoms with Crippen molar-refractivity contribution in [3.05, 3.63) is 53.9 Å². The van der Waals surface area contributed by atoms with Crippen molar-refractivity contribution < 1.29 is 14.7 Å². The number of H-pyrrole nitrogens is 1. The van der Waals surface area contributed by atoms with Crippen molar-refractivity contribution in [1.29, 1.82) is 0 Å². The summed E-state index contributed by atoms with van der Waals surface area (Å²) in [6.07, 6.45) is 0. The first-order valence-electron chi connectivity index (χ1n) is 7.64.